The lowest BCUT2D eigenvalue weighted by Gasteiger charge is -2.57. The van der Waals surface area contributed by atoms with Crippen molar-refractivity contribution in [2.75, 3.05) is 0 Å². The van der Waals surface area contributed by atoms with Crippen LogP contribution >= 0.6 is 0 Å². The lowest BCUT2D eigenvalue weighted by Crippen LogP contribution is -2.83. The molecule has 3 fully saturated rings. The van der Waals surface area contributed by atoms with Crippen LogP contribution in [0.1, 0.15) is 98.1 Å². The molecular formula is C51H47N5O4. The van der Waals surface area contributed by atoms with Crippen molar-refractivity contribution in [2.24, 2.45) is 23.7 Å². The van der Waals surface area contributed by atoms with Gasteiger partial charge in [0.25, 0.3) is 17.2 Å². The molecule has 3 heterocycles. The Hall–Kier alpha value is -6.86. The fraction of sp³-hybridized carbons (Fsp3) is 0.373. The number of nitrogens with zero attached hydrogens (tertiary/aromatic N) is 3. The Labute approximate surface area is 351 Å². The minimum Gasteiger partial charge on any atom is -0.462 e. The van der Waals surface area contributed by atoms with E-state index in [1.165, 1.54) is 0 Å². The van der Waals surface area contributed by atoms with Crippen LogP contribution in [0.5, 0.6) is 11.6 Å². The highest BCUT2D eigenvalue weighted by molar-refractivity contribution is 6.05. The fourth-order valence-corrected chi connectivity index (χ4v) is 10.3. The molecule has 9 heteroatoms. The summed E-state index contributed by atoms with van der Waals surface area (Å²) in [5.74, 6) is 20.8. The zero-order chi connectivity index (χ0) is 42.2. The van der Waals surface area contributed by atoms with Crippen LogP contribution in [-0.4, -0.2) is 37.6 Å². The number of carbonyl (C=O) groups excluding carboxylic acids is 2. The van der Waals surface area contributed by atoms with Crippen LogP contribution in [0.2, 0.25) is 0 Å². The first-order chi connectivity index (χ1) is 29.0. The summed E-state index contributed by atoms with van der Waals surface area (Å²) in [6, 6.07) is 19.1. The molecule has 5 aromatic rings. The highest BCUT2D eigenvalue weighted by Crippen LogP contribution is 2.51. The second-order valence-electron chi connectivity index (χ2n) is 17.1. The van der Waals surface area contributed by atoms with E-state index in [4.69, 9.17) is 27.5 Å². The summed E-state index contributed by atoms with van der Waals surface area (Å²) in [6.45, 7) is 19.3. The molecule has 60 heavy (non-hydrogen) atoms. The smallest absolute Gasteiger partial charge is 0.344 e. The van der Waals surface area contributed by atoms with Crippen LogP contribution < -0.4 is 14.8 Å². The number of β-lactam (4-membered cyclic amide) rings is 1. The van der Waals surface area contributed by atoms with Crippen molar-refractivity contribution in [1.29, 1.82) is 0 Å². The molecule has 1 aliphatic heterocycles. The van der Waals surface area contributed by atoms with Crippen LogP contribution in [-0.2, 0) is 11.2 Å². The third kappa shape index (κ3) is 7.04. The molecule has 0 radical (unpaired) electrons. The first-order valence-corrected chi connectivity index (χ1v) is 20.7. The SMILES string of the molecule is [C-]#[N+]c1c(CC2C(C)CC(C)CC2C)c2nc(C3CCCC4(C3)NC(=O)C4(C#CC#CC#CC#C)Oc3ccc(C)cc3C)[nH]n2c1OC(=O)c1cccc2ccccc12. The average Bonchev–Trinajstić information content (AvgIpc) is 3.78. The molecule has 2 aliphatic carbocycles. The van der Waals surface area contributed by atoms with E-state index >= 15 is 0 Å². The Morgan fingerprint density at radius 2 is 1.77 bits per heavy atom. The number of hydrogen-bond donors (Lipinski definition) is 2. The Balaban J connectivity index is 1.20. The van der Waals surface area contributed by atoms with Gasteiger partial charge in [0.15, 0.2) is 0 Å². The normalized spacial score (nSPS) is 25.5. The van der Waals surface area contributed by atoms with Crippen molar-refractivity contribution in [3.05, 3.63) is 100 Å². The maximum Gasteiger partial charge on any atom is 0.344 e. The van der Waals surface area contributed by atoms with E-state index in [2.05, 4.69) is 77.5 Å². The Bertz CT molecular complexity index is 2820. The molecule has 5 unspecified atom stereocenters. The molecule has 2 saturated carbocycles. The van der Waals surface area contributed by atoms with Crippen molar-refractivity contribution in [3.8, 4) is 59.5 Å². The average molecular weight is 794 g/mol. The van der Waals surface area contributed by atoms with Gasteiger partial charge in [-0.15, -0.1) is 6.42 Å². The highest BCUT2D eigenvalue weighted by Gasteiger charge is 2.69. The summed E-state index contributed by atoms with van der Waals surface area (Å²) in [5.41, 5.74) is 1.60. The molecular weight excluding hydrogens is 747 g/mol. The number of H-pyrrole nitrogens is 1. The number of hydrogen-bond acceptors (Lipinski definition) is 5. The molecule has 9 nitrogen and oxygen atoms in total. The molecule has 1 amide bonds. The van der Waals surface area contributed by atoms with Crippen molar-refractivity contribution in [3.63, 3.8) is 0 Å². The van der Waals surface area contributed by atoms with Crippen molar-refractivity contribution in [1.82, 2.24) is 19.9 Å². The Morgan fingerprint density at radius 3 is 2.52 bits per heavy atom. The first kappa shape index (κ1) is 39.9. The van der Waals surface area contributed by atoms with Crippen LogP contribution in [0.3, 0.4) is 0 Å². The number of aromatic nitrogens is 3. The van der Waals surface area contributed by atoms with Gasteiger partial charge in [0, 0.05) is 11.5 Å². The quantitative estimate of drug-likeness (QED) is 0.0742. The van der Waals surface area contributed by atoms with Crippen molar-refractivity contribution in [2.45, 2.75) is 96.6 Å². The largest absolute Gasteiger partial charge is 0.462 e. The molecule has 3 aliphatic rings. The summed E-state index contributed by atoms with van der Waals surface area (Å²) in [7, 11) is 0. The number of ether oxygens (including phenoxy) is 2. The maximum atomic E-state index is 14.1. The number of carbonyl (C=O) groups is 2. The number of aromatic amines is 1. The van der Waals surface area contributed by atoms with Crippen LogP contribution in [0.4, 0.5) is 5.69 Å². The predicted octanol–water partition coefficient (Wildman–Crippen LogP) is 9.05. The van der Waals surface area contributed by atoms with Gasteiger partial charge in [-0.25, -0.2) is 19.1 Å². The third-order valence-electron chi connectivity index (χ3n) is 13.0. The van der Waals surface area contributed by atoms with Gasteiger partial charge in [0.1, 0.15) is 22.8 Å². The molecule has 2 N–H and O–H groups in total. The Morgan fingerprint density at radius 1 is 1.02 bits per heavy atom. The number of terminal acetylenes is 1. The molecule has 2 aromatic heterocycles. The topological polar surface area (TPSA) is 102 Å². The lowest BCUT2D eigenvalue weighted by molar-refractivity contribution is -0.163. The number of fused-ring (bicyclic) bond motifs is 2. The standard InChI is InChI=1S/C51H47N5O4/c1-8-9-10-11-12-15-26-51(60-43-24-23-32(2)27-36(43)6)49(58)54-50(51)25-17-20-38(31-50)45-53-46-42(30-41-34(4)28-33(3)29-35(41)5)44(52-7)47(56(46)55-45)59-48(57)40-22-16-19-37-18-13-14-21-39(37)40/h1,13-14,16,18-19,21-24,27,33-35,38,41H,17,20,25,28-31H2,2-6H3,(H,53,55)(H,54,58). The van der Waals surface area contributed by atoms with Crippen LogP contribution in [0, 0.1) is 92.0 Å². The minimum absolute atomic E-state index is 0.128. The predicted molar refractivity (Wildman–Crippen MR) is 232 cm³/mol. The van der Waals surface area contributed by atoms with E-state index in [1.807, 2.05) is 68.4 Å². The lowest BCUT2D eigenvalue weighted by atomic mass is 9.61. The molecule has 0 bridgehead atoms. The molecule has 5 atom stereocenters. The van der Waals surface area contributed by atoms with Gasteiger partial charge in [-0.05, 0) is 146 Å². The fourth-order valence-electron chi connectivity index (χ4n) is 10.3. The second-order valence-corrected chi connectivity index (χ2v) is 17.1. The zero-order valence-corrected chi connectivity index (χ0v) is 34.7. The number of aryl methyl sites for hydroxylation is 2. The molecule has 300 valence electrons. The summed E-state index contributed by atoms with van der Waals surface area (Å²) in [5, 5.41) is 8.40. The van der Waals surface area contributed by atoms with Gasteiger partial charge >= 0.3 is 5.97 Å². The van der Waals surface area contributed by atoms with Gasteiger partial charge in [-0.1, -0.05) is 81.3 Å². The zero-order valence-electron chi connectivity index (χ0n) is 34.7. The molecule has 3 aromatic carbocycles. The van der Waals surface area contributed by atoms with E-state index in [0.29, 0.717) is 71.4 Å². The molecule has 8 rings (SSSR count). The molecule has 1 spiro atoms. The van der Waals surface area contributed by atoms with Gasteiger partial charge in [-0.3, -0.25) is 9.89 Å². The number of amides is 1. The van der Waals surface area contributed by atoms with Crippen molar-refractivity contribution < 1.29 is 19.1 Å². The van der Waals surface area contributed by atoms with E-state index in [0.717, 1.165) is 53.1 Å². The van der Waals surface area contributed by atoms with Gasteiger partial charge in [0.2, 0.25) is 5.88 Å². The van der Waals surface area contributed by atoms with Crippen LogP contribution in [0.25, 0.3) is 21.3 Å². The highest BCUT2D eigenvalue weighted by atomic mass is 16.5. The van der Waals surface area contributed by atoms with Crippen LogP contribution in [0.15, 0.2) is 60.7 Å². The monoisotopic (exact) mass is 793 g/mol. The Kier molecular flexibility index (Phi) is 10.7. The first-order valence-electron chi connectivity index (χ1n) is 20.7. The van der Waals surface area contributed by atoms with Gasteiger partial charge in [-0.2, -0.15) is 0 Å². The number of nitrogens with one attached hydrogen (secondary N) is 2. The van der Waals surface area contributed by atoms with Gasteiger partial charge in [0.05, 0.1) is 12.1 Å². The molecule has 1 saturated heterocycles. The van der Waals surface area contributed by atoms with E-state index in [1.54, 1.807) is 10.6 Å². The minimum atomic E-state index is -1.54. The number of benzene rings is 3. The van der Waals surface area contributed by atoms with Crippen molar-refractivity contribution >= 4 is 34.0 Å². The summed E-state index contributed by atoms with van der Waals surface area (Å²) >= 11 is 0. The number of rotatable bonds is 7. The van der Waals surface area contributed by atoms with E-state index in [-0.39, 0.29) is 17.7 Å². The summed E-state index contributed by atoms with van der Waals surface area (Å²) < 4.78 is 14.7. The van der Waals surface area contributed by atoms with E-state index in [9.17, 15) is 9.59 Å². The van der Waals surface area contributed by atoms with Gasteiger partial charge < -0.3 is 14.8 Å². The summed E-state index contributed by atoms with van der Waals surface area (Å²) in [4.78, 5) is 37.3. The maximum absolute atomic E-state index is 14.1. The van der Waals surface area contributed by atoms with E-state index < -0.39 is 17.1 Å². The second kappa shape index (κ2) is 16.1. The third-order valence-corrected chi connectivity index (χ3v) is 13.0. The summed E-state index contributed by atoms with van der Waals surface area (Å²) in [6.07, 6.45) is 10.7. The number of esters is 1.